The van der Waals surface area contributed by atoms with Crippen LogP contribution in [-0.2, 0) is 13.1 Å². The van der Waals surface area contributed by atoms with Crippen LogP contribution < -0.4 is 22.9 Å². The van der Waals surface area contributed by atoms with Crippen LogP contribution >= 0.6 is 0 Å². The first-order valence-corrected chi connectivity index (χ1v) is 14.0. The van der Waals surface area contributed by atoms with E-state index in [9.17, 15) is 0 Å². The second-order valence-electron chi connectivity index (χ2n) is 10.2. The van der Waals surface area contributed by atoms with Crippen molar-refractivity contribution in [3.63, 3.8) is 0 Å². The highest BCUT2D eigenvalue weighted by Gasteiger charge is 2.12. The van der Waals surface area contributed by atoms with E-state index in [1.54, 1.807) is 0 Å². The monoisotopic (exact) mass is 538 g/mol. The lowest BCUT2D eigenvalue weighted by molar-refractivity contribution is 0.191. The van der Waals surface area contributed by atoms with Crippen LogP contribution in [0.3, 0.4) is 0 Å². The number of aliphatic imine (C=N–C) groups is 2. The summed E-state index contributed by atoms with van der Waals surface area (Å²) in [6, 6.07) is 30.4. The second-order valence-corrected chi connectivity index (χ2v) is 10.2. The summed E-state index contributed by atoms with van der Waals surface area (Å²) < 4.78 is 0. The van der Waals surface area contributed by atoms with Gasteiger partial charge in [-0.1, -0.05) is 72.8 Å². The molecular formula is C32H42N8. The summed E-state index contributed by atoms with van der Waals surface area (Å²) in [4.78, 5) is 13.4. The molecule has 0 aliphatic carbocycles. The Labute approximate surface area is 237 Å². The summed E-state index contributed by atoms with van der Waals surface area (Å²) in [5, 5.41) is 5.04. The van der Waals surface area contributed by atoms with Gasteiger partial charge in [0, 0.05) is 52.4 Å². The number of guanidine groups is 2. The summed E-state index contributed by atoms with van der Waals surface area (Å²) in [6.07, 6.45) is 1.78. The molecule has 40 heavy (non-hydrogen) atoms. The molecule has 0 atom stereocenters. The third-order valence-electron chi connectivity index (χ3n) is 7.03. The quantitative estimate of drug-likeness (QED) is 0.104. The van der Waals surface area contributed by atoms with Crippen molar-refractivity contribution in [2.24, 2.45) is 32.9 Å². The predicted molar refractivity (Wildman–Crippen MR) is 169 cm³/mol. The van der Waals surface area contributed by atoms with Gasteiger partial charge in [0.1, 0.15) is 0 Å². The van der Waals surface area contributed by atoms with Crippen LogP contribution in [0.15, 0.2) is 94.9 Å². The molecule has 0 spiro atoms. The first-order chi connectivity index (χ1) is 19.5. The van der Waals surface area contributed by atoms with Crippen LogP contribution in [0.25, 0.3) is 21.5 Å². The Bertz CT molecular complexity index is 1310. The van der Waals surface area contributed by atoms with Gasteiger partial charge in [-0.3, -0.25) is 19.8 Å². The van der Waals surface area contributed by atoms with Crippen LogP contribution in [0, 0.1) is 0 Å². The Balaban J connectivity index is 1.46. The van der Waals surface area contributed by atoms with Crippen LogP contribution in [0.4, 0.5) is 0 Å². The molecule has 8 heteroatoms. The van der Waals surface area contributed by atoms with Crippen molar-refractivity contribution in [1.29, 1.82) is 0 Å². The first kappa shape index (κ1) is 28.9. The van der Waals surface area contributed by atoms with Crippen molar-refractivity contribution in [3.05, 3.63) is 96.1 Å². The van der Waals surface area contributed by atoms with E-state index in [0.29, 0.717) is 13.1 Å². The van der Waals surface area contributed by atoms with E-state index < -0.39 is 0 Å². The minimum absolute atomic E-state index is 0.142. The Morgan fingerprint density at radius 1 is 0.500 bits per heavy atom. The maximum Gasteiger partial charge on any atom is 0.185 e. The van der Waals surface area contributed by atoms with Crippen LogP contribution in [0.1, 0.15) is 24.0 Å². The van der Waals surface area contributed by atoms with E-state index >= 15 is 0 Å². The molecule has 4 aromatic rings. The molecular weight excluding hydrogens is 496 g/mol. The van der Waals surface area contributed by atoms with Crippen LogP contribution in [0.2, 0.25) is 0 Å². The van der Waals surface area contributed by atoms with Gasteiger partial charge in [-0.15, -0.1) is 0 Å². The summed E-state index contributed by atoms with van der Waals surface area (Å²) in [5.74, 6) is 0.284. The molecule has 210 valence electrons. The highest BCUT2D eigenvalue weighted by molar-refractivity contribution is 5.83. The molecule has 8 nitrogen and oxygen atoms in total. The maximum absolute atomic E-state index is 5.55. The minimum Gasteiger partial charge on any atom is -0.370 e. The number of benzene rings is 4. The smallest absolute Gasteiger partial charge is 0.185 e. The summed E-state index contributed by atoms with van der Waals surface area (Å²) in [5.41, 5.74) is 24.8. The topological polar surface area (TPSA) is 135 Å². The van der Waals surface area contributed by atoms with Crippen LogP contribution in [0.5, 0.6) is 0 Å². The number of rotatable bonds is 15. The van der Waals surface area contributed by atoms with Gasteiger partial charge < -0.3 is 22.9 Å². The van der Waals surface area contributed by atoms with Gasteiger partial charge in [0.25, 0.3) is 0 Å². The van der Waals surface area contributed by atoms with Gasteiger partial charge in [0.2, 0.25) is 0 Å². The number of hydrogen-bond donors (Lipinski definition) is 4. The zero-order valence-electron chi connectivity index (χ0n) is 23.3. The molecule has 0 heterocycles. The van der Waals surface area contributed by atoms with Gasteiger partial charge in [-0.2, -0.15) is 0 Å². The minimum atomic E-state index is 0.142. The number of nitrogens with zero attached hydrogens (tertiary/aromatic N) is 4. The van der Waals surface area contributed by atoms with Gasteiger partial charge in [-0.05, 0) is 57.6 Å². The zero-order chi connectivity index (χ0) is 28.2. The van der Waals surface area contributed by atoms with E-state index in [1.807, 2.05) is 0 Å². The SMILES string of the molecule is NC(N)=NCCCN(CCN(CCCN=C(N)N)Cc1ccc2ccccc2c1)Cc1ccc2ccccc2c1. The second kappa shape index (κ2) is 14.9. The Morgan fingerprint density at radius 2 is 0.900 bits per heavy atom. The lowest BCUT2D eigenvalue weighted by Gasteiger charge is -2.28. The lowest BCUT2D eigenvalue weighted by Crippen LogP contribution is -2.36. The van der Waals surface area contributed by atoms with Gasteiger partial charge >= 0.3 is 0 Å². The van der Waals surface area contributed by atoms with E-state index in [-0.39, 0.29) is 11.9 Å². The molecule has 4 rings (SSSR count). The molecule has 0 aliphatic heterocycles. The predicted octanol–water partition coefficient (Wildman–Crippen LogP) is 3.62. The third kappa shape index (κ3) is 9.25. The molecule has 0 saturated heterocycles. The first-order valence-electron chi connectivity index (χ1n) is 14.0. The average Bonchev–Trinajstić information content (AvgIpc) is 2.95. The van der Waals surface area contributed by atoms with Crippen molar-refractivity contribution in [2.45, 2.75) is 25.9 Å². The highest BCUT2D eigenvalue weighted by atomic mass is 15.2. The fraction of sp³-hybridized carbons (Fsp3) is 0.312. The lowest BCUT2D eigenvalue weighted by atomic mass is 10.1. The largest absolute Gasteiger partial charge is 0.370 e. The van der Waals surface area contributed by atoms with E-state index in [2.05, 4.69) is 105 Å². The van der Waals surface area contributed by atoms with Gasteiger partial charge in [0.05, 0.1) is 0 Å². The number of fused-ring (bicyclic) bond motifs is 2. The Morgan fingerprint density at radius 3 is 1.30 bits per heavy atom. The maximum atomic E-state index is 5.55. The molecule has 0 aliphatic rings. The van der Waals surface area contributed by atoms with Crippen molar-refractivity contribution >= 4 is 33.5 Å². The summed E-state index contributed by atoms with van der Waals surface area (Å²) in [7, 11) is 0. The fourth-order valence-electron chi connectivity index (χ4n) is 5.02. The van der Waals surface area contributed by atoms with Gasteiger partial charge in [-0.25, -0.2) is 0 Å². The fourth-order valence-corrected chi connectivity index (χ4v) is 5.02. The normalized spacial score (nSPS) is 11.3. The van der Waals surface area contributed by atoms with Crippen molar-refractivity contribution in [3.8, 4) is 0 Å². The Hall–Kier alpha value is -4.14. The standard InChI is InChI=1S/C32H42N8/c33-31(34)37-15-5-17-39(23-25-11-13-27-7-1-3-9-29(27)21-25)19-20-40(18-6-16-38-32(35)36)24-26-12-14-28-8-2-4-10-30(28)22-26/h1-4,7-14,21-22H,5-6,15-20,23-24H2,(H4,33,34,37)(H4,35,36,38). The van der Waals surface area contributed by atoms with Crippen molar-refractivity contribution < 1.29 is 0 Å². The molecule has 0 bridgehead atoms. The third-order valence-corrected chi connectivity index (χ3v) is 7.03. The number of hydrogen-bond acceptors (Lipinski definition) is 4. The van der Waals surface area contributed by atoms with Gasteiger partial charge in [0.15, 0.2) is 11.9 Å². The molecule has 8 N–H and O–H groups in total. The molecule has 4 aromatic carbocycles. The molecule has 0 unspecified atom stereocenters. The average molecular weight is 539 g/mol. The van der Waals surface area contributed by atoms with Crippen LogP contribution in [-0.4, -0.2) is 61.0 Å². The van der Waals surface area contributed by atoms with E-state index in [1.165, 1.54) is 32.7 Å². The molecule has 0 aromatic heterocycles. The molecule has 0 amide bonds. The summed E-state index contributed by atoms with van der Waals surface area (Å²) in [6.45, 7) is 6.62. The molecule has 0 fully saturated rings. The highest BCUT2D eigenvalue weighted by Crippen LogP contribution is 2.19. The van der Waals surface area contributed by atoms with E-state index in [0.717, 1.165) is 52.1 Å². The molecule has 0 saturated carbocycles. The summed E-state index contributed by atoms with van der Waals surface area (Å²) >= 11 is 0. The van der Waals surface area contributed by atoms with E-state index in [4.69, 9.17) is 22.9 Å². The zero-order valence-corrected chi connectivity index (χ0v) is 23.3. The molecule has 0 radical (unpaired) electrons. The van der Waals surface area contributed by atoms with Crippen molar-refractivity contribution in [1.82, 2.24) is 9.80 Å². The van der Waals surface area contributed by atoms with Crippen molar-refractivity contribution in [2.75, 3.05) is 39.3 Å². The number of nitrogens with two attached hydrogens (primary N) is 4. The Kier molecular flexibility index (Phi) is 10.7.